The van der Waals surface area contributed by atoms with E-state index in [0.717, 1.165) is 18.5 Å². The molecule has 1 unspecified atom stereocenters. The van der Waals surface area contributed by atoms with Crippen molar-refractivity contribution in [3.8, 4) is 0 Å². The second kappa shape index (κ2) is 6.72. The average molecular weight is 302 g/mol. The minimum Gasteiger partial charge on any atom is -0.370 e. The first kappa shape index (κ1) is 15.5. The van der Waals surface area contributed by atoms with Gasteiger partial charge < -0.3 is 11.5 Å². The van der Waals surface area contributed by atoms with E-state index in [-0.39, 0.29) is 5.96 Å². The highest BCUT2D eigenvalue weighted by Crippen LogP contribution is 2.31. The van der Waals surface area contributed by atoms with Gasteiger partial charge >= 0.3 is 0 Å². The lowest BCUT2D eigenvalue weighted by Crippen LogP contribution is -2.21. The van der Waals surface area contributed by atoms with Gasteiger partial charge in [-0.2, -0.15) is 4.99 Å². The van der Waals surface area contributed by atoms with Crippen molar-refractivity contribution in [1.82, 2.24) is 4.98 Å². The van der Waals surface area contributed by atoms with Gasteiger partial charge in [0.2, 0.25) is 5.13 Å². The Labute approximate surface area is 129 Å². The van der Waals surface area contributed by atoms with Crippen LogP contribution in [-0.4, -0.2) is 10.9 Å². The summed E-state index contributed by atoms with van der Waals surface area (Å²) >= 11 is 1.58. The molecular formula is C16H22N4S. The van der Waals surface area contributed by atoms with Crippen molar-refractivity contribution in [2.45, 2.75) is 39.5 Å². The maximum absolute atomic E-state index is 5.43. The number of nitrogens with two attached hydrogens (primary N) is 2. The van der Waals surface area contributed by atoms with Crippen LogP contribution < -0.4 is 11.5 Å². The standard InChI is InChI=1S/C16H22N4S/c1-4-13-14(21-16(19-13)20-15(17)18)9-11(3)12-7-5-6-10(2)8-12/h5-8,11H,4,9H2,1-3H3,(H4,17,18,19,20). The van der Waals surface area contributed by atoms with Crippen LogP contribution in [0.2, 0.25) is 0 Å². The highest BCUT2D eigenvalue weighted by atomic mass is 32.1. The summed E-state index contributed by atoms with van der Waals surface area (Å²) in [5.41, 5.74) is 14.6. The van der Waals surface area contributed by atoms with E-state index < -0.39 is 0 Å². The first-order valence-electron chi connectivity index (χ1n) is 7.14. The number of aryl methyl sites for hydroxylation is 2. The normalized spacial score (nSPS) is 12.1. The van der Waals surface area contributed by atoms with Gasteiger partial charge in [-0.25, -0.2) is 4.98 Å². The van der Waals surface area contributed by atoms with Crippen molar-refractivity contribution in [3.05, 3.63) is 46.0 Å². The summed E-state index contributed by atoms with van der Waals surface area (Å²) in [6.07, 6.45) is 1.86. The van der Waals surface area contributed by atoms with Gasteiger partial charge in [0.15, 0.2) is 5.96 Å². The molecule has 21 heavy (non-hydrogen) atoms. The zero-order valence-electron chi connectivity index (χ0n) is 12.8. The van der Waals surface area contributed by atoms with Crippen molar-refractivity contribution in [2.24, 2.45) is 16.5 Å². The Kier molecular flexibility index (Phi) is 4.96. The maximum atomic E-state index is 5.43. The topological polar surface area (TPSA) is 77.3 Å². The van der Waals surface area contributed by atoms with E-state index in [1.807, 2.05) is 0 Å². The molecule has 4 N–H and O–H groups in total. The molecule has 2 rings (SSSR count). The Morgan fingerprint density at radius 3 is 2.76 bits per heavy atom. The molecule has 0 spiro atoms. The van der Waals surface area contributed by atoms with Gasteiger partial charge in [-0.15, -0.1) is 0 Å². The van der Waals surface area contributed by atoms with Crippen LogP contribution in [-0.2, 0) is 12.8 Å². The van der Waals surface area contributed by atoms with Crippen LogP contribution in [0.5, 0.6) is 0 Å². The zero-order valence-corrected chi connectivity index (χ0v) is 13.6. The molecule has 5 heteroatoms. The molecule has 0 bridgehead atoms. The van der Waals surface area contributed by atoms with E-state index in [4.69, 9.17) is 11.5 Å². The number of aromatic nitrogens is 1. The highest BCUT2D eigenvalue weighted by Gasteiger charge is 2.14. The second-order valence-corrected chi connectivity index (χ2v) is 6.34. The van der Waals surface area contributed by atoms with Gasteiger partial charge in [-0.3, -0.25) is 0 Å². The van der Waals surface area contributed by atoms with E-state index in [0.29, 0.717) is 11.0 Å². The highest BCUT2D eigenvalue weighted by molar-refractivity contribution is 7.15. The van der Waals surface area contributed by atoms with Gasteiger partial charge in [0.25, 0.3) is 0 Å². The number of hydrogen-bond acceptors (Lipinski definition) is 3. The number of rotatable bonds is 5. The smallest absolute Gasteiger partial charge is 0.212 e. The fourth-order valence-corrected chi connectivity index (χ4v) is 3.50. The number of nitrogens with zero attached hydrogens (tertiary/aromatic N) is 2. The number of hydrogen-bond donors (Lipinski definition) is 2. The molecule has 0 saturated carbocycles. The van der Waals surface area contributed by atoms with E-state index in [1.165, 1.54) is 16.0 Å². The zero-order chi connectivity index (χ0) is 15.4. The molecule has 0 aliphatic carbocycles. The summed E-state index contributed by atoms with van der Waals surface area (Å²) in [4.78, 5) is 9.84. The molecule has 4 nitrogen and oxygen atoms in total. The maximum Gasteiger partial charge on any atom is 0.212 e. The molecule has 0 saturated heterocycles. The van der Waals surface area contributed by atoms with Crippen LogP contribution in [0.25, 0.3) is 0 Å². The molecule has 1 atom stereocenters. The predicted molar refractivity (Wildman–Crippen MR) is 90.3 cm³/mol. The van der Waals surface area contributed by atoms with Gasteiger partial charge in [-0.05, 0) is 31.2 Å². The summed E-state index contributed by atoms with van der Waals surface area (Å²) in [6.45, 7) is 6.47. The molecule has 112 valence electrons. The average Bonchev–Trinajstić information content (AvgIpc) is 2.79. The fourth-order valence-electron chi connectivity index (χ4n) is 2.34. The van der Waals surface area contributed by atoms with Crippen LogP contribution in [0.3, 0.4) is 0 Å². The van der Waals surface area contributed by atoms with Crippen molar-refractivity contribution >= 4 is 22.4 Å². The molecule has 0 fully saturated rings. The third kappa shape index (κ3) is 4.04. The third-order valence-corrected chi connectivity index (χ3v) is 4.44. The van der Waals surface area contributed by atoms with E-state index in [9.17, 15) is 0 Å². The quantitative estimate of drug-likeness (QED) is 0.657. The Balaban J connectivity index is 2.22. The minimum absolute atomic E-state index is 0.0599. The van der Waals surface area contributed by atoms with Crippen molar-refractivity contribution < 1.29 is 0 Å². The van der Waals surface area contributed by atoms with Crippen LogP contribution in [0.1, 0.15) is 41.5 Å². The van der Waals surface area contributed by atoms with E-state index in [1.54, 1.807) is 11.3 Å². The summed E-state index contributed by atoms with van der Waals surface area (Å²) in [5.74, 6) is 0.507. The molecular weight excluding hydrogens is 280 g/mol. The Hall–Kier alpha value is -1.88. The van der Waals surface area contributed by atoms with Crippen LogP contribution in [0.4, 0.5) is 5.13 Å². The van der Waals surface area contributed by atoms with Crippen LogP contribution in [0.15, 0.2) is 29.3 Å². The van der Waals surface area contributed by atoms with Crippen molar-refractivity contribution in [1.29, 1.82) is 0 Å². The lowest BCUT2D eigenvalue weighted by molar-refractivity contribution is 0.758. The molecule has 2 aromatic rings. The molecule has 0 radical (unpaired) electrons. The molecule has 0 aliphatic rings. The van der Waals surface area contributed by atoms with Crippen molar-refractivity contribution in [2.75, 3.05) is 0 Å². The first-order chi connectivity index (χ1) is 9.99. The number of thiazole rings is 1. The van der Waals surface area contributed by atoms with Gasteiger partial charge in [0.05, 0.1) is 5.69 Å². The lowest BCUT2D eigenvalue weighted by atomic mass is 9.95. The molecule has 1 aromatic carbocycles. The Morgan fingerprint density at radius 2 is 2.14 bits per heavy atom. The van der Waals surface area contributed by atoms with Crippen molar-refractivity contribution in [3.63, 3.8) is 0 Å². The minimum atomic E-state index is 0.0599. The molecule has 0 amide bonds. The van der Waals surface area contributed by atoms with Crippen LogP contribution >= 0.6 is 11.3 Å². The first-order valence-corrected chi connectivity index (χ1v) is 7.96. The largest absolute Gasteiger partial charge is 0.370 e. The van der Waals surface area contributed by atoms with E-state index in [2.05, 4.69) is 55.0 Å². The number of benzene rings is 1. The lowest BCUT2D eigenvalue weighted by Gasteiger charge is -2.12. The predicted octanol–water partition coefficient (Wildman–Crippen LogP) is 3.27. The summed E-state index contributed by atoms with van der Waals surface area (Å²) < 4.78 is 0. The fraction of sp³-hybridized carbons (Fsp3) is 0.375. The molecule has 1 heterocycles. The molecule has 0 aliphatic heterocycles. The number of guanidine groups is 1. The monoisotopic (exact) mass is 302 g/mol. The van der Waals surface area contributed by atoms with Crippen LogP contribution in [0, 0.1) is 6.92 Å². The Morgan fingerprint density at radius 1 is 1.38 bits per heavy atom. The summed E-state index contributed by atoms with van der Waals surface area (Å²) in [7, 11) is 0. The third-order valence-electron chi connectivity index (χ3n) is 3.43. The van der Waals surface area contributed by atoms with E-state index >= 15 is 0 Å². The number of aliphatic imine (C=N–C) groups is 1. The summed E-state index contributed by atoms with van der Waals surface area (Å²) in [6, 6.07) is 8.66. The van der Waals surface area contributed by atoms with Gasteiger partial charge in [0.1, 0.15) is 0 Å². The van der Waals surface area contributed by atoms with Gasteiger partial charge in [0, 0.05) is 4.88 Å². The Bertz CT molecular complexity index is 641. The SMILES string of the molecule is CCc1nc(N=C(N)N)sc1CC(C)c1cccc(C)c1. The summed E-state index contributed by atoms with van der Waals surface area (Å²) in [5, 5.41) is 0.651. The molecule has 1 aromatic heterocycles. The second-order valence-electron chi connectivity index (χ2n) is 5.28. The van der Waals surface area contributed by atoms with Gasteiger partial charge in [-0.1, -0.05) is 55.0 Å².